The van der Waals surface area contributed by atoms with Gasteiger partial charge in [0.2, 0.25) is 0 Å². The van der Waals surface area contributed by atoms with E-state index in [4.69, 9.17) is 15.8 Å². The predicted molar refractivity (Wildman–Crippen MR) is 67.4 cm³/mol. The topological polar surface area (TPSA) is 88.4 Å². The van der Waals surface area contributed by atoms with Gasteiger partial charge in [-0.2, -0.15) is 15.8 Å². The van der Waals surface area contributed by atoms with Gasteiger partial charge in [0.1, 0.15) is 17.7 Å². The highest BCUT2D eigenvalue weighted by atomic mass is 16.1. The number of ketones is 1. The SMILES string of the molecule is C/C=C1\C(=O)c2ccc(C#N)cc2C1=C(C#N)C#N. The number of carbonyl (C=O) groups excluding carboxylic acids is 1. The Morgan fingerprint density at radius 2 is 1.84 bits per heavy atom. The van der Waals surface area contributed by atoms with Gasteiger partial charge in [0.25, 0.3) is 0 Å². The van der Waals surface area contributed by atoms with E-state index >= 15 is 0 Å². The van der Waals surface area contributed by atoms with Gasteiger partial charge in [0.05, 0.1) is 11.6 Å². The fourth-order valence-corrected chi connectivity index (χ4v) is 2.10. The summed E-state index contributed by atoms with van der Waals surface area (Å²) in [4.78, 5) is 12.2. The lowest BCUT2D eigenvalue weighted by Crippen LogP contribution is -1.95. The van der Waals surface area contributed by atoms with Gasteiger partial charge >= 0.3 is 0 Å². The van der Waals surface area contributed by atoms with Crippen molar-refractivity contribution in [2.24, 2.45) is 0 Å². The summed E-state index contributed by atoms with van der Waals surface area (Å²) in [5, 5.41) is 26.9. The highest BCUT2D eigenvalue weighted by Gasteiger charge is 2.32. The van der Waals surface area contributed by atoms with Crippen LogP contribution < -0.4 is 0 Å². The summed E-state index contributed by atoms with van der Waals surface area (Å²) in [5.41, 5.74) is 1.83. The van der Waals surface area contributed by atoms with Crippen molar-refractivity contribution in [3.05, 3.63) is 52.1 Å². The van der Waals surface area contributed by atoms with Crippen LogP contribution in [0, 0.1) is 34.0 Å². The van der Waals surface area contributed by atoms with Crippen molar-refractivity contribution >= 4 is 11.4 Å². The number of benzene rings is 1. The first-order chi connectivity index (χ1) is 9.17. The van der Waals surface area contributed by atoms with Crippen LogP contribution in [0.3, 0.4) is 0 Å². The summed E-state index contributed by atoms with van der Waals surface area (Å²) in [6.45, 7) is 1.68. The molecule has 0 spiro atoms. The molecule has 0 amide bonds. The molecule has 0 saturated heterocycles. The zero-order valence-corrected chi connectivity index (χ0v) is 10.1. The largest absolute Gasteiger partial charge is 0.289 e. The van der Waals surface area contributed by atoms with Gasteiger partial charge in [0, 0.05) is 16.7 Å². The first-order valence-corrected chi connectivity index (χ1v) is 5.48. The zero-order valence-electron chi connectivity index (χ0n) is 10.1. The number of hydrogen-bond donors (Lipinski definition) is 0. The molecule has 0 radical (unpaired) electrons. The van der Waals surface area contributed by atoms with Crippen molar-refractivity contribution in [3.63, 3.8) is 0 Å². The van der Waals surface area contributed by atoms with E-state index in [1.807, 2.05) is 6.07 Å². The maximum atomic E-state index is 12.2. The monoisotopic (exact) mass is 245 g/mol. The van der Waals surface area contributed by atoms with E-state index in [2.05, 4.69) is 0 Å². The predicted octanol–water partition coefficient (Wildman–Crippen LogP) is 2.50. The molecular formula is C15H7N3O. The van der Waals surface area contributed by atoms with E-state index in [0.29, 0.717) is 27.8 Å². The van der Waals surface area contributed by atoms with Gasteiger partial charge in [-0.05, 0) is 30.7 Å². The van der Waals surface area contributed by atoms with Crippen LogP contribution in [-0.4, -0.2) is 5.78 Å². The molecule has 0 aliphatic heterocycles. The fraction of sp³-hybridized carbons (Fsp3) is 0.0667. The Kier molecular flexibility index (Phi) is 2.98. The van der Waals surface area contributed by atoms with E-state index in [1.165, 1.54) is 6.07 Å². The van der Waals surface area contributed by atoms with Crippen molar-refractivity contribution in [2.45, 2.75) is 6.92 Å². The van der Waals surface area contributed by atoms with Gasteiger partial charge in [-0.1, -0.05) is 6.08 Å². The molecule has 0 atom stereocenters. The van der Waals surface area contributed by atoms with Crippen LogP contribution in [0.2, 0.25) is 0 Å². The van der Waals surface area contributed by atoms with Gasteiger partial charge in [-0.15, -0.1) is 0 Å². The third kappa shape index (κ3) is 1.71. The van der Waals surface area contributed by atoms with Crippen molar-refractivity contribution in [1.29, 1.82) is 15.8 Å². The Bertz CT molecular complexity index is 761. The fourth-order valence-electron chi connectivity index (χ4n) is 2.10. The number of hydrogen-bond acceptors (Lipinski definition) is 4. The molecule has 1 aliphatic rings. The third-order valence-electron chi connectivity index (χ3n) is 2.94. The first kappa shape index (κ1) is 12.3. The molecule has 1 aromatic carbocycles. The van der Waals surface area contributed by atoms with Gasteiger partial charge in [-0.3, -0.25) is 4.79 Å². The smallest absolute Gasteiger partial charge is 0.194 e. The number of rotatable bonds is 0. The van der Waals surface area contributed by atoms with Gasteiger partial charge < -0.3 is 0 Å². The number of nitriles is 3. The normalized spacial score (nSPS) is 14.5. The van der Waals surface area contributed by atoms with E-state index in [0.717, 1.165) is 0 Å². The number of nitrogens with zero attached hydrogens (tertiary/aromatic N) is 3. The summed E-state index contributed by atoms with van der Waals surface area (Å²) in [6, 6.07) is 10.2. The summed E-state index contributed by atoms with van der Waals surface area (Å²) in [7, 11) is 0. The first-order valence-electron chi connectivity index (χ1n) is 5.48. The third-order valence-corrected chi connectivity index (χ3v) is 2.94. The molecule has 1 aromatic rings. The summed E-state index contributed by atoms with van der Waals surface area (Å²) in [5.74, 6) is -0.222. The lowest BCUT2D eigenvalue weighted by atomic mass is 9.98. The average Bonchev–Trinajstić information content (AvgIpc) is 2.73. The second kappa shape index (κ2) is 4.61. The molecule has 0 saturated carbocycles. The Labute approximate surface area is 110 Å². The number of allylic oxidation sites excluding steroid dienone is 4. The molecular weight excluding hydrogens is 238 g/mol. The molecule has 2 rings (SSSR count). The molecule has 4 heteroatoms. The van der Waals surface area contributed by atoms with Crippen LogP contribution in [0.4, 0.5) is 0 Å². The maximum absolute atomic E-state index is 12.2. The minimum Gasteiger partial charge on any atom is -0.289 e. The minimum absolute atomic E-state index is 0.115. The lowest BCUT2D eigenvalue weighted by molar-refractivity contribution is 0.104. The van der Waals surface area contributed by atoms with Crippen LogP contribution in [0.5, 0.6) is 0 Å². The van der Waals surface area contributed by atoms with Crippen molar-refractivity contribution in [1.82, 2.24) is 0 Å². The molecule has 0 fully saturated rings. The molecule has 0 bridgehead atoms. The minimum atomic E-state index is -0.222. The average molecular weight is 245 g/mol. The molecule has 0 aromatic heterocycles. The quantitative estimate of drug-likeness (QED) is 0.518. The van der Waals surface area contributed by atoms with Gasteiger partial charge in [0.15, 0.2) is 5.78 Å². The molecule has 4 nitrogen and oxygen atoms in total. The number of carbonyl (C=O) groups is 1. The van der Waals surface area contributed by atoms with E-state index in [-0.39, 0.29) is 11.4 Å². The van der Waals surface area contributed by atoms with E-state index < -0.39 is 0 Å². The summed E-state index contributed by atoms with van der Waals surface area (Å²) in [6.07, 6.45) is 1.58. The molecule has 19 heavy (non-hydrogen) atoms. The van der Waals surface area contributed by atoms with Crippen molar-refractivity contribution in [3.8, 4) is 18.2 Å². The lowest BCUT2D eigenvalue weighted by Gasteiger charge is -2.01. The Morgan fingerprint density at radius 3 is 2.37 bits per heavy atom. The second-order valence-corrected chi connectivity index (χ2v) is 3.88. The Morgan fingerprint density at radius 1 is 1.16 bits per heavy atom. The van der Waals surface area contributed by atoms with Crippen LogP contribution in [0.1, 0.15) is 28.4 Å². The van der Waals surface area contributed by atoms with Crippen molar-refractivity contribution in [2.75, 3.05) is 0 Å². The van der Waals surface area contributed by atoms with Gasteiger partial charge in [-0.25, -0.2) is 0 Å². The second-order valence-electron chi connectivity index (χ2n) is 3.88. The van der Waals surface area contributed by atoms with Crippen LogP contribution >= 0.6 is 0 Å². The molecule has 0 heterocycles. The summed E-state index contributed by atoms with van der Waals surface area (Å²) >= 11 is 0. The highest BCUT2D eigenvalue weighted by Crippen LogP contribution is 2.39. The van der Waals surface area contributed by atoms with E-state index in [1.54, 1.807) is 37.3 Å². The molecule has 88 valence electrons. The number of Topliss-reactive ketones (excluding diaryl/α,β-unsaturated/α-hetero) is 1. The van der Waals surface area contributed by atoms with Crippen LogP contribution in [0.15, 0.2) is 35.4 Å². The van der Waals surface area contributed by atoms with Crippen molar-refractivity contribution < 1.29 is 4.79 Å². The number of fused-ring (bicyclic) bond motifs is 1. The standard InChI is InChI=1S/C15H7N3O/c1-2-11-14(10(7-17)8-18)13-5-9(6-16)3-4-12(13)15(11)19/h2-5H,1H3/b11-2-. The van der Waals surface area contributed by atoms with E-state index in [9.17, 15) is 4.79 Å². The Balaban J connectivity index is 2.89. The molecule has 1 aliphatic carbocycles. The maximum Gasteiger partial charge on any atom is 0.194 e. The molecule has 0 unspecified atom stereocenters. The van der Waals surface area contributed by atoms with Crippen LogP contribution in [0.25, 0.3) is 5.57 Å². The highest BCUT2D eigenvalue weighted by molar-refractivity contribution is 6.27. The molecule has 0 N–H and O–H groups in total. The summed E-state index contributed by atoms with van der Waals surface area (Å²) < 4.78 is 0. The zero-order chi connectivity index (χ0) is 14.0. The van der Waals surface area contributed by atoms with Crippen LogP contribution in [-0.2, 0) is 0 Å². The Hall–Kier alpha value is -3.16.